The number of amides is 1. The number of carbonyl (C=O) groups is 2. The Balaban J connectivity index is 1.79. The van der Waals surface area contributed by atoms with Gasteiger partial charge in [-0.1, -0.05) is 26.0 Å². The molecule has 1 atom stereocenters. The lowest BCUT2D eigenvalue weighted by Crippen LogP contribution is -2.38. The number of aliphatic hydroxyl groups excluding tert-OH is 1. The first kappa shape index (κ1) is 24.6. The summed E-state index contributed by atoms with van der Waals surface area (Å²) in [4.78, 5) is 30.2. The van der Waals surface area contributed by atoms with E-state index in [9.17, 15) is 14.7 Å². The summed E-state index contributed by atoms with van der Waals surface area (Å²) in [6.07, 6.45) is 0. The van der Waals surface area contributed by atoms with Crippen LogP contribution in [0.3, 0.4) is 0 Å². The smallest absolute Gasteiger partial charge is 0.295 e. The molecule has 1 amide bonds. The number of likely N-dealkylation sites (tertiary alicyclic amines) is 1. The van der Waals surface area contributed by atoms with E-state index in [1.807, 2.05) is 31.2 Å². The number of likely N-dealkylation sites (N-methyl/N-ethyl adjacent to an activating group) is 1. The van der Waals surface area contributed by atoms with Crippen LogP contribution < -0.4 is 14.2 Å². The van der Waals surface area contributed by atoms with Gasteiger partial charge < -0.3 is 29.1 Å². The van der Waals surface area contributed by atoms with Crippen LogP contribution in [0.4, 0.5) is 0 Å². The second-order valence-corrected chi connectivity index (χ2v) is 8.38. The summed E-state index contributed by atoms with van der Waals surface area (Å²) in [7, 11) is 0. The molecule has 186 valence electrons. The van der Waals surface area contributed by atoms with Gasteiger partial charge in [-0.15, -0.1) is 0 Å². The zero-order valence-electron chi connectivity index (χ0n) is 20.5. The normalized spacial score (nSPS) is 18.9. The number of fused-ring (bicyclic) bond motifs is 1. The monoisotopic (exact) mass is 480 g/mol. The van der Waals surface area contributed by atoms with E-state index < -0.39 is 17.7 Å². The average Bonchev–Trinajstić information content (AvgIpc) is 3.14. The van der Waals surface area contributed by atoms with E-state index in [-0.39, 0.29) is 11.3 Å². The fourth-order valence-corrected chi connectivity index (χ4v) is 4.53. The molecule has 0 radical (unpaired) electrons. The van der Waals surface area contributed by atoms with Gasteiger partial charge in [0.15, 0.2) is 11.5 Å². The van der Waals surface area contributed by atoms with Gasteiger partial charge in [0, 0.05) is 18.7 Å². The molecule has 0 aliphatic carbocycles. The first-order valence-corrected chi connectivity index (χ1v) is 12.1. The molecule has 35 heavy (non-hydrogen) atoms. The molecule has 2 aromatic rings. The molecular weight excluding hydrogens is 448 g/mol. The number of Topliss-reactive ketones (excluding diaryl/α,β-unsaturated/α-hetero) is 1. The molecule has 8 nitrogen and oxygen atoms in total. The summed E-state index contributed by atoms with van der Waals surface area (Å²) in [5.41, 5.74) is 1.15. The van der Waals surface area contributed by atoms with Crippen molar-refractivity contribution in [3.8, 4) is 17.2 Å². The molecule has 0 spiro atoms. The third kappa shape index (κ3) is 4.98. The molecule has 2 aromatic carbocycles. The number of hydrogen-bond donors (Lipinski definition) is 1. The van der Waals surface area contributed by atoms with Gasteiger partial charge in [-0.05, 0) is 55.9 Å². The predicted octanol–water partition coefficient (Wildman–Crippen LogP) is 3.62. The van der Waals surface area contributed by atoms with Crippen LogP contribution in [-0.2, 0) is 9.59 Å². The van der Waals surface area contributed by atoms with E-state index in [2.05, 4.69) is 18.7 Å². The molecule has 2 aliphatic heterocycles. The van der Waals surface area contributed by atoms with Crippen molar-refractivity contribution in [3.63, 3.8) is 0 Å². The van der Waals surface area contributed by atoms with Crippen molar-refractivity contribution in [3.05, 3.63) is 59.2 Å². The zero-order chi connectivity index (χ0) is 24.9. The van der Waals surface area contributed by atoms with Gasteiger partial charge in [-0.2, -0.15) is 0 Å². The summed E-state index contributed by atoms with van der Waals surface area (Å²) in [5, 5.41) is 11.3. The fourth-order valence-electron chi connectivity index (χ4n) is 4.53. The average molecular weight is 481 g/mol. The number of benzene rings is 2. The second kappa shape index (κ2) is 10.8. The third-order valence-electron chi connectivity index (χ3n) is 6.39. The Hall–Kier alpha value is -3.52. The third-order valence-corrected chi connectivity index (χ3v) is 6.39. The SMILES string of the molecule is CCOc1cccc(C2/C(=C(\O)c3ccc4c(c3)OCCO4)C(=O)C(=O)N2CCN(CC)CC)c1. The number of aliphatic hydroxyl groups is 1. The van der Waals surface area contributed by atoms with E-state index in [0.29, 0.717) is 61.3 Å². The first-order valence-electron chi connectivity index (χ1n) is 12.1. The molecule has 1 fully saturated rings. The minimum Gasteiger partial charge on any atom is -0.507 e. The van der Waals surface area contributed by atoms with E-state index in [1.165, 1.54) is 0 Å². The predicted molar refractivity (Wildman–Crippen MR) is 132 cm³/mol. The van der Waals surface area contributed by atoms with Gasteiger partial charge in [0.05, 0.1) is 18.2 Å². The quantitative estimate of drug-likeness (QED) is 0.333. The molecule has 2 aliphatic rings. The Labute approximate surface area is 205 Å². The number of carbonyl (C=O) groups excluding carboxylic acids is 2. The molecule has 0 bridgehead atoms. The molecule has 8 heteroatoms. The first-order chi connectivity index (χ1) is 17.0. The molecule has 0 saturated carbocycles. The van der Waals surface area contributed by atoms with Crippen LogP contribution in [0.25, 0.3) is 5.76 Å². The number of nitrogens with zero attached hydrogens (tertiary/aromatic N) is 2. The molecule has 1 saturated heterocycles. The summed E-state index contributed by atoms with van der Waals surface area (Å²) in [6, 6.07) is 11.6. The Bertz CT molecular complexity index is 1120. The maximum atomic E-state index is 13.3. The van der Waals surface area contributed by atoms with Gasteiger partial charge in [-0.25, -0.2) is 0 Å². The summed E-state index contributed by atoms with van der Waals surface area (Å²) < 4.78 is 16.9. The van der Waals surface area contributed by atoms with Crippen LogP contribution >= 0.6 is 0 Å². The summed E-state index contributed by atoms with van der Waals surface area (Å²) >= 11 is 0. The highest BCUT2D eigenvalue weighted by Crippen LogP contribution is 2.41. The topological polar surface area (TPSA) is 88.5 Å². The van der Waals surface area contributed by atoms with Crippen LogP contribution in [0, 0.1) is 0 Å². The van der Waals surface area contributed by atoms with Crippen LogP contribution in [0.15, 0.2) is 48.0 Å². The summed E-state index contributed by atoms with van der Waals surface area (Å²) in [6.45, 7) is 9.99. The van der Waals surface area contributed by atoms with Crippen LogP contribution in [0.1, 0.15) is 37.9 Å². The largest absolute Gasteiger partial charge is 0.507 e. The van der Waals surface area contributed by atoms with Gasteiger partial charge in [0.25, 0.3) is 11.7 Å². The number of hydrogen-bond acceptors (Lipinski definition) is 7. The number of ether oxygens (including phenoxy) is 3. The molecule has 4 rings (SSSR count). The number of rotatable bonds is 9. The van der Waals surface area contributed by atoms with E-state index in [0.717, 1.165) is 13.1 Å². The van der Waals surface area contributed by atoms with Gasteiger partial charge in [0.2, 0.25) is 0 Å². The van der Waals surface area contributed by atoms with Crippen molar-refractivity contribution in [2.75, 3.05) is 46.0 Å². The maximum Gasteiger partial charge on any atom is 0.295 e. The highest BCUT2D eigenvalue weighted by molar-refractivity contribution is 6.46. The molecular formula is C27H32N2O6. The van der Waals surface area contributed by atoms with Gasteiger partial charge >= 0.3 is 0 Å². The van der Waals surface area contributed by atoms with Crippen LogP contribution in [0.2, 0.25) is 0 Å². The number of ketones is 1. The van der Waals surface area contributed by atoms with Crippen molar-refractivity contribution in [1.29, 1.82) is 0 Å². The molecule has 1 N–H and O–H groups in total. The molecule has 1 unspecified atom stereocenters. The maximum absolute atomic E-state index is 13.3. The van der Waals surface area contributed by atoms with Crippen molar-refractivity contribution >= 4 is 17.4 Å². The minimum absolute atomic E-state index is 0.0554. The van der Waals surface area contributed by atoms with E-state index in [4.69, 9.17) is 14.2 Å². The van der Waals surface area contributed by atoms with Gasteiger partial charge in [0.1, 0.15) is 24.7 Å². The van der Waals surface area contributed by atoms with Crippen molar-refractivity contribution in [2.45, 2.75) is 26.8 Å². The standard InChI is InChI=1S/C27H32N2O6/c1-4-28(5-2)12-13-29-24(18-8-7-9-20(16-18)33-6-3)23(26(31)27(29)32)25(30)19-10-11-21-22(17-19)35-15-14-34-21/h7-11,16-17,24,30H,4-6,12-15H2,1-3H3/b25-23+. The van der Waals surface area contributed by atoms with Crippen molar-refractivity contribution in [1.82, 2.24) is 9.80 Å². The Kier molecular flexibility index (Phi) is 7.60. The highest BCUT2D eigenvalue weighted by Gasteiger charge is 2.46. The lowest BCUT2D eigenvalue weighted by Gasteiger charge is -2.28. The van der Waals surface area contributed by atoms with Crippen molar-refractivity contribution < 1.29 is 28.9 Å². The zero-order valence-corrected chi connectivity index (χ0v) is 20.5. The van der Waals surface area contributed by atoms with Crippen LogP contribution in [0.5, 0.6) is 17.2 Å². The highest BCUT2D eigenvalue weighted by atomic mass is 16.6. The minimum atomic E-state index is -0.737. The summed E-state index contributed by atoms with van der Waals surface area (Å²) in [5.74, 6) is 0.141. The Morgan fingerprint density at radius 1 is 1.06 bits per heavy atom. The van der Waals surface area contributed by atoms with Crippen molar-refractivity contribution in [2.24, 2.45) is 0 Å². The molecule has 2 heterocycles. The van der Waals surface area contributed by atoms with E-state index in [1.54, 1.807) is 23.1 Å². The Morgan fingerprint density at radius 3 is 2.51 bits per heavy atom. The fraction of sp³-hybridized carbons (Fsp3) is 0.407. The van der Waals surface area contributed by atoms with Crippen LogP contribution in [-0.4, -0.2) is 72.6 Å². The Morgan fingerprint density at radius 2 is 1.80 bits per heavy atom. The second-order valence-electron chi connectivity index (χ2n) is 8.38. The molecule has 0 aromatic heterocycles. The van der Waals surface area contributed by atoms with Gasteiger partial charge in [-0.3, -0.25) is 9.59 Å². The van der Waals surface area contributed by atoms with E-state index >= 15 is 0 Å². The lowest BCUT2D eigenvalue weighted by atomic mass is 9.95. The lowest BCUT2D eigenvalue weighted by molar-refractivity contribution is -0.140.